The lowest BCUT2D eigenvalue weighted by Gasteiger charge is -2.09. The molecule has 0 radical (unpaired) electrons. The van der Waals surface area contributed by atoms with Gasteiger partial charge in [0.2, 0.25) is 0 Å². The van der Waals surface area contributed by atoms with Crippen molar-refractivity contribution in [2.45, 2.75) is 26.8 Å². The topological polar surface area (TPSA) is 42.2 Å². The molecule has 0 fully saturated rings. The van der Waals surface area contributed by atoms with Gasteiger partial charge in [0.1, 0.15) is 0 Å². The third-order valence-corrected chi connectivity index (χ3v) is 4.12. The van der Waals surface area contributed by atoms with E-state index in [-0.39, 0.29) is 6.42 Å². The molecule has 0 unspecified atom stereocenters. The smallest absolute Gasteiger partial charge is 0.307 e. The summed E-state index contributed by atoms with van der Waals surface area (Å²) in [6.07, 6.45) is 0.0631. The Morgan fingerprint density at radius 3 is 2.50 bits per heavy atom. The number of fused-ring (bicyclic) bond motifs is 1. The molecule has 1 N–H and O–H groups in total. The molecule has 0 aliphatic heterocycles. The molecule has 0 bridgehead atoms. The molecule has 3 aromatic rings. The number of carbonyl (C=O) groups is 1. The Hall–Kier alpha value is -2.55. The van der Waals surface area contributed by atoms with Crippen LogP contribution in [0.3, 0.4) is 0 Å². The molecule has 3 heteroatoms. The number of carboxylic acid groups (broad SMARTS) is 1. The van der Waals surface area contributed by atoms with Crippen molar-refractivity contribution in [1.29, 1.82) is 0 Å². The Morgan fingerprint density at radius 1 is 1.09 bits per heavy atom. The van der Waals surface area contributed by atoms with Gasteiger partial charge in [-0.3, -0.25) is 4.79 Å². The van der Waals surface area contributed by atoms with Gasteiger partial charge >= 0.3 is 5.97 Å². The Labute approximate surface area is 129 Å². The summed E-state index contributed by atoms with van der Waals surface area (Å²) in [6.45, 7) is 4.80. The van der Waals surface area contributed by atoms with E-state index in [4.69, 9.17) is 0 Å². The van der Waals surface area contributed by atoms with Crippen molar-refractivity contribution in [3.63, 3.8) is 0 Å². The predicted octanol–water partition coefficient (Wildman–Crippen LogP) is 3.93. The zero-order valence-electron chi connectivity index (χ0n) is 12.8. The Bertz CT molecular complexity index is 832. The number of hydrogen-bond donors (Lipinski definition) is 1. The molecule has 0 saturated heterocycles. The maximum atomic E-state index is 11.2. The summed E-state index contributed by atoms with van der Waals surface area (Å²) in [5.74, 6) is -0.789. The van der Waals surface area contributed by atoms with Crippen molar-refractivity contribution < 1.29 is 9.90 Å². The van der Waals surface area contributed by atoms with Gasteiger partial charge in [0.05, 0.1) is 6.42 Å². The van der Waals surface area contributed by atoms with Gasteiger partial charge in [0.15, 0.2) is 0 Å². The summed E-state index contributed by atoms with van der Waals surface area (Å²) >= 11 is 0. The van der Waals surface area contributed by atoms with Gasteiger partial charge in [-0.05, 0) is 37.1 Å². The first-order valence-electron chi connectivity index (χ1n) is 7.40. The Kier molecular flexibility index (Phi) is 3.72. The van der Waals surface area contributed by atoms with E-state index in [2.05, 4.69) is 34.9 Å². The van der Waals surface area contributed by atoms with Gasteiger partial charge in [-0.1, -0.05) is 42.0 Å². The van der Waals surface area contributed by atoms with Crippen molar-refractivity contribution in [2.75, 3.05) is 0 Å². The molecule has 3 rings (SSSR count). The average Bonchev–Trinajstić information content (AvgIpc) is 2.73. The van der Waals surface area contributed by atoms with Crippen LogP contribution in [-0.4, -0.2) is 15.6 Å². The SMILES string of the molecule is Cc1ccc2c(c1)c(CC(=O)O)c(C)n2Cc1ccccc1. The van der Waals surface area contributed by atoms with Crippen molar-refractivity contribution in [2.24, 2.45) is 0 Å². The lowest BCUT2D eigenvalue weighted by atomic mass is 10.1. The lowest BCUT2D eigenvalue weighted by molar-refractivity contribution is -0.136. The van der Waals surface area contributed by atoms with Crippen LogP contribution < -0.4 is 0 Å². The maximum absolute atomic E-state index is 11.2. The van der Waals surface area contributed by atoms with Gasteiger partial charge in [-0.15, -0.1) is 0 Å². The molecule has 0 aliphatic rings. The van der Waals surface area contributed by atoms with Crippen molar-refractivity contribution in [1.82, 2.24) is 4.57 Å². The molecule has 0 atom stereocenters. The summed E-state index contributed by atoms with van der Waals surface area (Å²) in [4.78, 5) is 11.2. The fourth-order valence-corrected chi connectivity index (χ4v) is 3.01. The average molecular weight is 293 g/mol. The molecule has 3 nitrogen and oxygen atoms in total. The van der Waals surface area contributed by atoms with E-state index in [0.717, 1.165) is 34.3 Å². The number of aryl methyl sites for hydroxylation is 1. The van der Waals surface area contributed by atoms with Gasteiger partial charge < -0.3 is 9.67 Å². The third kappa shape index (κ3) is 2.62. The number of hydrogen-bond acceptors (Lipinski definition) is 1. The maximum Gasteiger partial charge on any atom is 0.307 e. The largest absolute Gasteiger partial charge is 0.481 e. The zero-order chi connectivity index (χ0) is 15.7. The molecule has 112 valence electrons. The predicted molar refractivity (Wildman–Crippen MR) is 88.3 cm³/mol. The minimum Gasteiger partial charge on any atom is -0.481 e. The van der Waals surface area contributed by atoms with Crippen LogP contribution in [-0.2, 0) is 17.8 Å². The lowest BCUT2D eigenvalue weighted by Crippen LogP contribution is -2.05. The fourth-order valence-electron chi connectivity index (χ4n) is 3.01. The number of nitrogens with zero attached hydrogens (tertiary/aromatic N) is 1. The first-order valence-corrected chi connectivity index (χ1v) is 7.40. The van der Waals surface area contributed by atoms with Gasteiger partial charge in [-0.2, -0.15) is 0 Å². The molecule has 0 spiro atoms. The van der Waals surface area contributed by atoms with Crippen LogP contribution in [0.1, 0.15) is 22.4 Å². The second-order valence-electron chi connectivity index (χ2n) is 5.73. The first kappa shape index (κ1) is 14.4. The molecular formula is C19H19NO2. The molecule has 0 aliphatic carbocycles. The third-order valence-electron chi connectivity index (χ3n) is 4.12. The number of aromatic nitrogens is 1. The minimum atomic E-state index is -0.789. The molecule has 0 saturated carbocycles. The van der Waals surface area contributed by atoms with Crippen LogP contribution in [0, 0.1) is 13.8 Å². The highest BCUT2D eigenvalue weighted by molar-refractivity contribution is 5.89. The number of benzene rings is 2. The molecule has 0 amide bonds. The van der Waals surface area contributed by atoms with Crippen LogP contribution in [0.5, 0.6) is 0 Å². The van der Waals surface area contributed by atoms with Crippen LogP contribution in [0.2, 0.25) is 0 Å². The summed E-state index contributed by atoms with van der Waals surface area (Å²) in [5.41, 5.74) is 5.41. The molecular weight excluding hydrogens is 274 g/mol. The Morgan fingerprint density at radius 2 is 1.82 bits per heavy atom. The summed E-state index contributed by atoms with van der Waals surface area (Å²) in [7, 11) is 0. The summed E-state index contributed by atoms with van der Waals surface area (Å²) < 4.78 is 2.21. The van der Waals surface area contributed by atoms with Crippen molar-refractivity contribution in [3.8, 4) is 0 Å². The second kappa shape index (κ2) is 5.68. The zero-order valence-corrected chi connectivity index (χ0v) is 12.8. The van der Waals surface area contributed by atoms with Crippen LogP contribution in [0.15, 0.2) is 48.5 Å². The highest BCUT2D eigenvalue weighted by Gasteiger charge is 2.16. The normalized spacial score (nSPS) is 11.0. The summed E-state index contributed by atoms with van der Waals surface area (Å²) in [5, 5.41) is 10.3. The number of carboxylic acids is 1. The van der Waals surface area contributed by atoms with Gasteiger partial charge in [0.25, 0.3) is 0 Å². The number of rotatable bonds is 4. The van der Waals surface area contributed by atoms with E-state index in [1.165, 1.54) is 5.56 Å². The van der Waals surface area contributed by atoms with E-state index in [1.807, 2.05) is 32.0 Å². The van der Waals surface area contributed by atoms with Gasteiger partial charge in [-0.25, -0.2) is 0 Å². The highest BCUT2D eigenvalue weighted by Crippen LogP contribution is 2.28. The van der Waals surface area contributed by atoms with Gasteiger partial charge in [0, 0.05) is 23.1 Å². The van der Waals surface area contributed by atoms with Crippen molar-refractivity contribution >= 4 is 16.9 Å². The summed E-state index contributed by atoms with van der Waals surface area (Å²) in [6, 6.07) is 16.5. The van der Waals surface area contributed by atoms with E-state index in [9.17, 15) is 9.90 Å². The fraction of sp³-hybridized carbons (Fsp3) is 0.211. The van der Waals surface area contributed by atoms with E-state index >= 15 is 0 Å². The monoisotopic (exact) mass is 293 g/mol. The van der Waals surface area contributed by atoms with Crippen LogP contribution in [0.25, 0.3) is 10.9 Å². The molecule has 22 heavy (non-hydrogen) atoms. The van der Waals surface area contributed by atoms with Crippen molar-refractivity contribution in [3.05, 3.63) is 70.9 Å². The molecule has 2 aromatic carbocycles. The number of aliphatic carboxylic acids is 1. The quantitative estimate of drug-likeness (QED) is 0.792. The van der Waals surface area contributed by atoms with Crippen LogP contribution in [0.4, 0.5) is 0 Å². The molecule has 1 aromatic heterocycles. The second-order valence-corrected chi connectivity index (χ2v) is 5.73. The van der Waals surface area contributed by atoms with E-state index in [0.29, 0.717) is 0 Å². The van der Waals surface area contributed by atoms with E-state index in [1.54, 1.807) is 0 Å². The van der Waals surface area contributed by atoms with Crippen LogP contribution >= 0.6 is 0 Å². The van der Waals surface area contributed by atoms with E-state index < -0.39 is 5.97 Å². The standard InChI is InChI=1S/C19H19NO2/c1-13-8-9-18-17(10-13)16(11-19(21)22)14(2)20(18)12-15-6-4-3-5-7-15/h3-10H,11-12H2,1-2H3,(H,21,22). The minimum absolute atomic E-state index is 0.0631. The highest BCUT2D eigenvalue weighted by atomic mass is 16.4. The molecule has 1 heterocycles. The first-order chi connectivity index (χ1) is 10.6. The Balaban J connectivity index is 2.17.